The summed E-state index contributed by atoms with van der Waals surface area (Å²) in [6.07, 6.45) is -3.93. The first-order valence-corrected chi connectivity index (χ1v) is 5.08. The molecule has 0 aromatic carbocycles. The van der Waals surface area contributed by atoms with E-state index >= 15 is 0 Å². The van der Waals surface area contributed by atoms with Gasteiger partial charge in [0.25, 0.3) is 0 Å². The number of ether oxygens (including phenoxy) is 1. The molecular formula is C9H18N2O5. The number of amides is 1. The molecule has 0 unspecified atom stereocenters. The molecule has 1 aliphatic heterocycles. The third-order valence-electron chi connectivity index (χ3n) is 2.58. The second-order valence-corrected chi connectivity index (χ2v) is 3.77. The van der Waals surface area contributed by atoms with Gasteiger partial charge in [0, 0.05) is 6.92 Å². The van der Waals surface area contributed by atoms with Gasteiger partial charge >= 0.3 is 0 Å². The summed E-state index contributed by atoms with van der Waals surface area (Å²) in [7, 11) is 1.60. The summed E-state index contributed by atoms with van der Waals surface area (Å²) in [6, 6.07) is -0.750. The number of carbonyl (C=O) groups excluding carboxylic acids is 1. The van der Waals surface area contributed by atoms with Crippen molar-refractivity contribution in [2.45, 2.75) is 37.5 Å². The predicted octanol–water partition coefficient (Wildman–Crippen LogP) is -2.85. The molecular weight excluding hydrogens is 216 g/mol. The van der Waals surface area contributed by atoms with Crippen LogP contribution >= 0.6 is 0 Å². The van der Waals surface area contributed by atoms with Gasteiger partial charge in [-0.2, -0.15) is 0 Å². The van der Waals surface area contributed by atoms with Gasteiger partial charge in [0.15, 0.2) is 0 Å². The fraction of sp³-hybridized carbons (Fsp3) is 0.889. The van der Waals surface area contributed by atoms with Crippen LogP contribution in [0, 0.1) is 0 Å². The van der Waals surface area contributed by atoms with Crippen LogP contribution in [-0.4, -0.2) is 65.5 Å². The lowest BCUT2D eigenvalue weighted by Gasteiger charge is -2.42. The first-order valence-electron chi connectivity index (χ1n) is 5.08. The molecule has 5 atom stereocenters. The first-order chi connectivity index (χ1) is 7.51. The summed E-state index contributed by atoms with van der Waals surface area (Å²) in [5.74, 6) is -0.331. The van der Waals surface area contributed by atoms with Crippen molar-refractivity contribution >= 4 is 5.91 Å². The van der Waals surface area contributed by atoms with E-state index in [0.717, 1.165) is 0 Å². The molecule has 7 nitrogen and oxygen atoms in total. The number of nitrogens with one attached hydrogen (secondary N) is 2. The molecule has 0 spiro atoms. The summed E-state index contributed by atoms with van der Waals surface area (Å²) < 4.78 is 5.30. The Balaban J connectivity index is 2.77. The number of rotatable bonds is 3. The highest BCUT2D eigenvalue weighted by molar-refractivity contribution is 5.73. The standard InChI is InChI=1S/C9H18N2O5/c1-4(13)11-6-8(15)7(14)5(3-12)16-9(6)10-2/h5-10,12,14-15H,3H2,1-2H3,(H,11,13)/t5-,6-,7+,8-,9+/m1/s1. The zero-order valence-electron chi connectivity index (χ0n) is 9.25. The second kappa shape index (κ2) is 5.55. The van der Waals surface area contributed by atoms with Crippen molar-refractivity contribution in [1.82, 2.24) is 10.6 Å². The van der Waals surface area contributed by atoms with Crippen LogP contribution in [-0.2, 0) is 9.53 Å². The maximum absolute atomic E-state index is 10.9. The van der Waals surface area contributed by atoms with E-state index in [2.05, 4.69) is 10.6 Å². The molecule has 1 fully saturated rings. The van der Waals surface area contributed by atoms with Crippen LogP contribution in [0.2, 0.25) is 0 Å². The van der Waals surface area contributed by atoms with Crippen molar-refractivity contribution in [2.24, 2.45) is 0 Å². The second-order valence-electron chi connectivity index (χ2n) is 3.77. The molecule has 7 heteroatoms. The summed E-state index contributed by atoms with van der Waals surface area (Å²) in [5.41, 5.74) is 0. The van der Waals surface area contributed by atoms with Crippen molar-refractivity contribution in [1.29, 1.82) is 0 Å². The van der Waals surface area contributed by atoms with Gasteiger partial charge in [0.2, 0.25) is 5.91 Å². The smallest absolute Gasteiger partial charge is 0.217 e. The molecule has 0 bridgehead atoms. The van der Waals surface area contributed by atoms with E-state index in [-0.39, 0.29) is 5.91 Å². The van der Waals surface area contributed by atoms with Crippen LogP contribution < -0.4 is 10.6 Å². The predicted molar refractivity (Wildman–Crippen MR) is 54.4 cm³/mol. The Labute approximate surface area is 93.4 Å². The molecule has 1 heterocycles. The zero-order valence-corrected chi connectivity index (χ0v) is 9.25. The fourth-order valence-corrected chi connectivity index (χ4v) is 1.76. The molecule has 0 aliphatic carbocycles. The highest BCUT2D eigenvalue weighted by Crippen LogP contribution is 2.19. The van der Waals surface area contributed by atoms with E-state index < -0.39 is 37.2 Å². The number of aliphatic hydroxyl groups excluding tert-OH is 3. The Morgan fingerprint density at radius 1 is 1.38 bits per heavy atom. The van der Waals surface area contributed by atoms with Crippen LogP contribution in [0.5, 0.6) is 0 Å². The van der Waals surface area contributed by atoms with E-state index in [9.17, 15) is 15.0 Å². The van der Waals surface area contributed by atoms with E-state index in [0.29, 0.717) is 0 Å². The van der Waals surface area contributed by atoms with Gasteiger partial charge in [0.1, 0.15) is 24.5 Å². The summed E-state index contributed by atoms with van der Waals surface area (Å²) in [6.45, 7) is 0.910. The van der Waals surface area contributed by atoms with Crippen LogP contribution in [0.4, 0.5) is 0 Å². The van der Waals surface area contributed by atoms with Gasteiger partial charge in [-0.1, -0.05) is 0 Å². The van der Waals surface area contributed by atoms with E-state index in [1.54, 1.807) is 7.05 Å². The van der Waals surface area contributed by atoms with Crippen molar-refractivity contribution in [3.8, 4) is 0 Å². The molecule has 0 aromatic rings. The molecule has 94 valence electrons. The van der Waals surface area contributed by atoms with Crippen molar-refractivity contribution < 1.29 is 24.9 Å². The number of aliphatic hydroxyl groups is 3. The average Bonchev–Trinajstić information content (AvgIpc) is 2.25. The minimum absolute atomic E-state index is 0.331. The maximum Gasteiger partial charge on any atom is 0.217 e. The number of hydrogen-bond acceptors (Lipinski definition) is 6. The quantitative estimate of drug-likeness (QED) is 0.359. The lowest BCUT2D eigenvalue weighted by Crippen LogP contribution is -2.66. The number of likely N-dealkylation sites (N-methyl/N-ethyl adjacent to an activating group) is 1. The van der Waals surface area contributed by atoms with Crippen LogP contribution in [0.15, 0.2) is 0 Å². The van der Waals surface area contributed by atoms with Gasteiger partial charge in [-0.15, -0.1) is 0 Å². The van der Waals surface area contributed by atoms with Gasteiger partial charge in [0.05, 0.1) is 12.6 Å². The summed E-state index contributed by atoms with van der Waals surface area (Å²) in [4.78, 5) is 10.9. The number of carbonyl (C=O) groups is 1. The van der Waals surface area contributed by atoms with E-state index in [4.69, 9.17) is 9.84 Å². The van der Waals surface area contributed by atoms with Gasteiger partial charge in [-0.25, -0.2) is 0 Å². The SMILES string of the molecule is CN[C@H]1O[C@H](CO)[C@H](O)[C@H](O)[C@H]1NC(C)=O. The molecule has 0 aromatic heterocycles. The third-order valence-corrected chi connectivity index (χ3v) is 2.58. The highest BCUT2D eigenvalue weighted by Gasteiger charge is 2.43. The normalized spacial score (nSPS) is 39.4. The lowest BCUT2D eigenvalue weighted by atomic mass is 9.96. The highest BCUT2D eigenvalue weighted by atomic mass is 16.5. The summed E-state index contributed by atoms with van der Waals surface area (Å²) in [5, 5.41) is 33.6. The Hall–Kier alpha value is -0.730. The van der Waals surface area contributed by atoms with Gasteiger partial charge in [-0.3, -0.25) is 10.1 Å². The molecule has 5 N–H and O–H groups in total. The van der Waals surface area contributed by atoms with Gasteiger partial charge in [-0.05, 0) is 7.05 Å². The monoisotopic (exact) mass is 234 g/mol. The Morgan fingerprint density at radius 2 is 2.00 bits per heavy atom. The van der Waals surface area contributed by atoms with Crippen LogP contribution in [0.1, 0.15) is 6.92 Å². The van der Waals surface area contributed by atoms with Crippen LogP contribution in [0.25, 0.3) is 0 Å². The number of hydrogen-bond donors (Lipinski definition) is 5. The maximum atomic E-state index is 10.9. The zero-order chi connectivity index (χ0) is 12.3. The molecule has 1 saturated heterocycles. The van der Waals surface area contributed by atoms with Crippen molar-refractivity contribution in [2.75, 3.05) is 13.7 Å². The lowest BCUT2D eigenvalue weighted by molar-refractivity contribution is -0.201. The minimum atomic E-state index is -1.23. The molecule has 1 amide bonds. The topological polar surface area (TPSA) is 111 Å². The Bertz CT molecular complexity index is 248. The Kier molecular flexibility index (Phi) is 4.63. The van der Waals surface area contributed by atoms with Gasteiger partial charge < -0.3 is 25.4 Å². The molecule has 1 rings (SSSR count). The molecule has 1 aliphatic rings. The van der Waals surface area contributed by atoms with Crippen molar-refractivity contribution in [3.63, 3.8) is 0 Å². The van der Waals surface area contributed by atoms with Crippen molar-refractivity contribution in [3.05, 3.63) is 0 Å². The molecule has 0 radical (unpaired) electrons. The average molecular weight is 234 g/mol. The molecule has 16 heavy (non-hydrogen) atoms. The van der Waals surface area contributed by atoms with E-state index in [1.165, 1.54) is 6.92 Å². The summed E-state index contributed by atoms with van der Waals surface area (Å²) >= 11 is 0. The Morgan fingerprint density at radius 3 is 2.44 bits per heavy atom. The third kappa shape index (κ3) is 2.69. The first kappa shape index (κ1) is 13.3. The van der Waals surface area contributed by atoms with Crippen LogP contribution in [0.3, 0.4) is 0 Å². The molecule has 0 saturated carbocycles. The van der Waals surface area contributed by atoms with E-state index in [1.807, 2.05) is 0 Å². The fourth-order valence-electron chi connectivity index (χ4n) is 1.76. The largest absolute Gasteiger partial charge is 0.394 e. The minimum Gasteiger partial charge on any atom is -0.394 e.